The molecule has 0 saturated carbocycles. The quantitative estimate of drug-likeness (QED) is 0.387. The van der Waals surface area contributed by atoms with Gasteiger partial charge in [-0.3, -0.25) is 4.99 Å². The minimum Gasteiger partial charge on any atom is -0.357 e. The molecule has 5 nitrogen and oxygen atoms in total. The second-order valence-corrected chi connectivity index (χ2v) is 9.42. The van der Waals surface area contributed by atoms with Gasteiger partial charge in [0, 0.05) is 18.0 Å². The van der Waals surface area contributed by atoms with Gasteiger partial charge in [0.05, 0.1) is 18.1 Å². The van der Waals surface area contributed by atoms with E-state index < -0.39 is 9.84 Å². The van der Waals surface area contributed by atoms with Crippen molar-refractivity contribution in [3.05, 3.63) is 35.4 Å². The Labute approximate surface area is 169 Å². The van der Waals surface area contributed by atoms with Crippen molar-refractivity contribution < 1.29 is 8.42 Å². The average molecular weight is 479 g/mol. The molecule has 0 bridgehead atoms. The third kappa shape index (κ3) is 6.77. The number of nitrogens with zero attached hydrogens (tertiary/aromatic N) is 1. The van der Waals surface area contributed by atoms with E-state index in [0.717, 1.165) is 6.54 Å². The first-order valence-electron chi connectivity index (χ1n) is 8.54. The summed E-state index contributed by atoms with van der Waals surface area (Å²) in [5.74, 6) is 1.15. The molecule has 1 aliphatic rings. The number of guanidine groups is 1. The molecule has 1 aliphatic heterocycles. The van der Waals surface area contributed by atoms with Crippen molar-refractivity contribution in [2.75, 3.05) is 24.6 Å². The molecule has 1 heterocycles. The van der Waals surface area contributed by atoms with Gasteiger partial charge in [0.25, 0.3) is 0 Å². The van der Waals surface area contributed by atoms with Crippen LogP contribution in [0.15, 0.2) is 29.3 Å². The number of benzene rings is 1. The lowest BCUT2D eigenvalue weighted by Gasteiger charge is -2.24. The smallest absolute Gasteiger partial charge is 0.191 e. The van der Waals surface area contributed by atoms with Gasteiger partial charge in [-0.1, -0.05) is 43.7 Å². The monoisotopic (exact) mass is 479 g/mol. The fourth-order valence-electron chi connectivity index (χ4n) is 2.79. The Morgan fingerprint density at radius 3 is 2.44 bits per heavy atom. The predicted octanol–water partition coefficient (Wildman–Crippen LogP) is 2.63. The van der Waals surface area contributed by atoms with Crippen molar-refractivity contribution in [3.8, 4) is 0 Å². The number of rotatable bonds is 5. The summed E-state index contributed by atoms with van der Waals surface area (Å²) in [5.41, 5.74) is 2.41. The van der Waals surface area contributed by atoms with Crippen LogP contribution in [0.2, 0.25) is 0 Å². The second kappa shape index (κ2) is 9.21. The van der Waals surface area contributed by atoms with Gasteiger partial charge in [-0.2, -0.15) is 0 Å². The highest BCUT2D eigenvalue weighted by Gasteiger charge is 2.28. The van der Waals surface area contributed by atoms with E-state index in [1.807, 2.05) is 6.92 Å². The summed E-state index contributed by atoms with van der Waals surface area (Å²) in [5, 5.41) is 6.48. The molecule has 25 heavy (non-hydrogen) atoms. The Bertz CT molecular complexity index is 685. The zero-order valence-corrected chi connectivity index (χ0v) is 18.6. The molecule has 2 rings (SSSR count). The van der Waals surface area contributed by atoms with Crippen molar-refractivity contribution in [1.29, 1.82) is 0 Å². The van der Waals surface area contributed by atoms with Crippen molar-refractivity contribution >= 4 is 39.8 Å². The first-order valence-corrected chi connectivity index (χ1v) is 10.4. The average Bonchev–Trinajstić information content (AvgIpc) is 2.84. The third-order valence-corrected chi connectivity index (χ3v) is 6.15. The van der Waals surface area contributed by atoms with Crippen molar-refractivity contribution in [2.45, 2.75) is 45.6 Å². The summed E-state index contributed by atoms with van der Waals surface area (Å²) in [7, 11) is -2.89. The molecule has 7 heteroatoms. The Morgan fingerprint density at radius 2 is 1.92 bits per heavy atom. The molecular weight excluding hydrogens is 449 g/mol. The normalized spacial score (nSPS) is 20.0. The minimum absolute atomic E-state index is 0. The zero-order chi connectivity index (χ0) is 17.8. The summed E-state index contributed by atoms with van der Waals surface area (Å²) < 4.78 is 23.2. The van der Waals surface area contributed by atoms with Gasteiger partial charge in [0.2, 0.25) is 0 Å². The van der Waals surface area contributed by atoms with Crippen LogP contribution < -0.4 is 10.6 Å². The molecule has 2 N–H and O–H groups in total. The number of aliphatic imine (C=N–C) groups is 1. The Kier molecular flexibility index (Phi) is 8.18. The maximum atomic E-state index is 11.6. The van der Waals surface area contributed by atoms with E-state index in [9.17, 15) is 8.42 Å². The van der Waals surface area contributed by atoms with Crippen LogP contribution in [-0.2, 0) is 15.3 Å². The van der Waals surface area contributed by atoms with E-state index in [4.69, 9.17) is 4.99 Å². The molecule has 1 atom stereocenters. The van der Waals surface area contributed by atoms with Crippen LogP contribution in [0.25, 0.3) is 0 Å². The lowest BCUT2D eigenvalue weighted by Crippen LogP contribution is -2.44. The molecule has 1 unspecified atom stereocenters. The Balaban J connectivity index is 0.00000312. The summed E-state index contributed by atoms with van der Waals surface area (Å²) in [6.07, 6.45) is 0.647. The molecular formula is C18H30IN3O2S. The van der Waals surface area contributed by atoms with E-state index in [1.54, 1.807) is 0 Å². The lowest BCUT2D eigenvalue weighted by atomic mass is 9.84. The molecule has 0 radical (unpaired) electrons. The molecule has 1 fully saturated rings. The molecule has 0 aliphatic carbocycles. The largest absolute Gasteiger partial charge is 0.357 e. The Morgan fingerprint density at radius 1 is 1.28 bits per heavy atom. The third-order valence-electron chi connectivity index (χ3n) is 4.38. The topological polar surface area (TPSA) is 70.6 Å². The van der Waals surface area contributed by atoms with E-state index in [2.05, 4.69) is 55.7 Å². The highest BCUT2D eigenvalue weighted by Crippen LogP contribution is 2.23. The number of hydrogen-bond acceptors (Lipinski definition) is 3. The van der Waals surface area contributed by atoms with Crippen molar-refractivity contribution in [3.63, 3.8) is 0 Å². The van der Waals surface area contributed by atoms with Gasteiger partial charge in [-0.25, -0.2) is 8.42 Å². The first kappa shape index (κ1) is 22.2. The maximum Gasteiger partial charge on any atom is 0.191 e. The molecule has 142 valence electrons. The van der Waals surface area contributed by atoms with Crippen LogP contribution in [-0.4, -0.2) is 45.0 Å². The molecule has 1 aromatic rings. The molecule has 0 amide bonds. The van der Waals surface area contributed by atoms with Gasteiger partial charge in [0.15, 0.2) is 15.8 Å². The summed E-state index contributed by atoms with van der Waals surface area (Å²) in [4.78, 5) is 4.69. The van der Waals surface area contributed by atoms with Crippen LogP contribution >= 0.6 is 24.0 Å². The van der Waals surface area contributed by atoms with Crippen LogP contribution in [0.4, 0.5) is 0 Å². The lowest BCUT2D eigenvalue weighted by molar-refractivity contribution is 0.535. The van der Waals surface area contributed by atoms with Gasteiger partial charge in [-0.15, -0.1) is 24.0 Å². The summed E-state index contributed by atoms with van der Waals surface area (Å²) >= 11 is 0. The predicted molar refractivity (Wildman–Crippen MR) is 116 cm³/mol. The molecule has 1 saturated heterocycles. The van der Waals surface area contributed by atoms with E-state index in [1.165, 1.54) is 11.1 Å². The van der Waals surface area contributed by atoms with Crippen LogP contribution in [0.5, 0.6) is 0 Å². The van der Waals surface area contributed by atoms with E-state index in [-0.39, 0.29) is 46.9 Å². The fraction of sp³-hybridized carbons (Fsp3) is 0.611. The molecule has 1 aromatic carbocycles. The van der Waals surface area contributed by atoms with Gasteiger partial charge < -0.3 is 10.6 Å². The fourth-order valence-corrected chi connectivity index (χ4v) is 4.47. The van der Waals surface area contributed by atoms with Gasteiger partial charge in [0.1, 0.15) is 0 Å². The molecule has 0 spiro atoms. The number of halogens is 1. The SMILES string of the molecule is CCNC(=NCC(C)(C)c1ccc(C)cc1)NC1CCS(=O)(=O)C1.I. The van der Waals surface area contributed by atoms with Crippen molar-refractivity contribution in [1.82, 2.24) is 10.6 Å². The highest BCUT2D eigenvalue weighted by molar-refractivity contribution is 14.0. The number of nitrogens with one attached hydrogen (secondary N) is 2. The van der Waals surface area contributed by atoms with Crippen molar-refractivity contribution in [2.24, 2.45) is 4.99 Å². The van der Waals surface area contributed by atoms with E-state index >= 15 is 0 Å². The number of sulfone groups is 1. The van der Waals surface area contributed by atoms with E-state index in [0.29, 0.717) is 18.9 Å². The Hall–Kier alpha value is -0.830. The standard InChI is InChI=1S/C18H29N3O2S.HI/c1-5-19-17(21-16-10-11-24(22,23)12-16)20-13-18(3,4)15-8-6-14(2)7-9-15;/h6-9,16H,5,10-13H2,1-4H3,(H2,19,20,21);1H. The summed E-state index contributed by atoms with van der Waals surface area (Å²) in [6, 6.07) is 8.49. The maximum absolute atomic E-state index is 11.6. The minimum atomic E-state index is -2.89. The summed E-state index contributed by atoms with van der Waals surface area (Å²) in [6.45, 7) is 9.81. The highest BCUT2D eigenvalue weighted by atomic mass is 127. The first-order chi connectivity index (χ1) is 11.2. The second-order valence-electron chi connectivity index (χ2n) is 7.19. The van der Waals surface area contributed by atoms with Gasteiger partial charge in [-0.05, 0) is 25.8 Å². The molecule has 0 aromatic heterocycles. The number of hydrogen-bond donors (Lipinski definition) is 2. The number of aryl methyl sites for hydroxylation is 1. The van der Waals surface area contributed by atoms with Gasteiger partial charge >= 0.3 is 0 Å². The van der Waals surface area contributed by atoms with Crippen LogP contribution in [0, 0.1) is 6.92 Å². The van der Waals surface area contributed by atoms with Crippen LogP contribution in [0.3, 0.4) is 0 Å². The zero-order valence-electron chi connectivity index (χ0n) is 15.5. The van der Waals surface area contributed by atoms with Crippen LogP contribution in [0.1, 0.15) is 38.3 Å².